The first-order chi connectivity index (χ1) is 4.81. The van der Waals surface area contributed by atoms with Crippen molar-refractivity contribution in [3.63, 3.8) is 0 Å². The van der Waals surface area contributed by atoms with Gasteiger partial charge in [-0.25, -0.2) is 4.99 Å². The molecular weight excluding hydrogens is 142 g/mol. The summed E-state index contributed by atoms with van der Waals surface area (Å²) in [6.07, 6.45) is 0. The topological polar surface area (TPSA) is 44.6 Å². The molecule has 0 aromatic carbocycles. The summed E-state index contributed by atoms with van der Waals surface area (Å²) in [6, 6.07) is 0. The summed E-state index contributed by atoms with van der Waals surface area (Å²) in [5.41, 5.74) is -1.40. The van der Waals surface area contributed by atoms with E-state index >= 15 is 0 Å². The zero-order valence-electron chi connectivity index (χ0n) is 7.47. The molecule has 0 aromatic rings. The quantitative estimate of drug-likeness (QED) is 0.549. The van der Waals surface area contributed by atoms with E-state index in [1.807, 2.05) is 13.8 Å². The van der Waals surface area contributed by atoms with Crippen LogP contribution in [0.2, 0.25) is 0 Å². The molecule has 0 amide bonds. The molecule has 0 saturated carbocycles. The second-order valence-corrected chi connectivity index (χ2v) is 4.03. The molecule has 3 heteroatoms. The van der Waals surface area contributed by atoms with Crippen molar-refractivity contribution in [2.75, 3.05) is 6.61 Å². The summed E-state index contributed by atoms with van der Waals surface area (Å²) >= 11 is 0. The molecule has 0 radical (unpaired) electrons. The maximum absolute atomic E-state index is 11.3. The van der Waals surface area contributed by atoms with E-state index in [-0.39, 0.29) is 5.54 Å². The summed E-state index contributed by atoms with van der Waals surface area (Å²) in [5, 5.41) is 11.3. The first-order valence-corrected chi connectivity index (χ1v) is 3.75. The lowest BCUT2D eigenvalue weighted by atomic mass is 10.1. The highest BCUT2D eigenvalue weighted by Gasteiger charge is 2.29. The van der Waals surface area contributed by atoms with Gasteiger partial charge in [0.2, 0.25) is 0 Å². The van der Waals surface area contributed by atoms with Crippen molar-refractivity contribution in [2.45, 2.75) is 38.8 Å². The Bertz CT molecular complexity index is 189. The van der Waals surface area contributed by atoms with Crippen LogP contribution in [0.1, 0.15) is 27.7 Å². The second-order valence-electron chi connectivity index (χ2n) is 4.03. The Kier molecular flexibility index (Phi) is 1.71. The summed E-state index contributed by atoms with van der Waals surface area (Å²) in [4.78, 5) is 4.17. The van der Waals surface area contributed by atoms with E-state index < -0.39 is 5.60 Å². The van der Waals surface area contributed by atoms with Crippen LogP contribution < -0.4 is 5.11 Å². The number of aliphatic imine (C=N–C) groups is 1. The van der Waals surface area contributed by atoms with E-state index in [1.54, 1.807) is 13.8 Å². The molecule has 64 valence electrons. The Morgan fingerprint density at radius 3 is 2.27 bits per heavy atom. The molecule has 0 N–H and O–H groups in total. The van der Waals surface area contributed by atoms with Crippen LogP contribution in [-0.2, 0) is 4.74 Å². The molecule has 0 spiro atoms. The van der Waals surface area contributed by atoms with Gasteiger partial charge < -0.3 is 9.84 Å². The van der Waals surface area contributed by atoms with Crippen molar-refractivity contribution in [1.82, 2.24) is 0 Å². The van der Waals surface area contributed by atoms with Crippen molar-refractivity contribution in [2.24, 2.45) is 4.99 Å². The minimum atomic E-state index is -1.19. The summed E-state index contributed by atoms with van der Waals surface area (Å²) < 4.78 is 5.17. The molecule has 0 aromatic heterocycles. The Hall–Kier alpha value is -0.570. The predicted molar refractivity (Wildman–Crippen MR) is 41.5 cm³/mol. The van der Waals surface area contributed by atoms with Crippen molar-refractivity contribution >= 4 is 5.90 Å². The van der Waals surface area contributed by atoms with Crippen LogP contribution in [0.25, 0.3) is 0 Å². The number of nitrogens with zero attached hydrogens (tertiary/aromatic N) is 1. The largest absolute Gasteiger partial charge is 0.843 e. The maximum atomic E-state index is 11.3. The van der Waals surface area contributed by atoms with Gasteiger partial charge in [0.25, 0.3) is 0 Å². The van der Waals surface area contributed by atoms with Crippen molar-refractivity contribution in [3.05, 3.63) is 0 Å². The minimum absolute atomic E-state index is 0.211. The zero-order chi connectivity index (χ0) is 8.70. The van der Waals surface area contributed by atoms with Gasteiger partial charge in [-0.05, 0) is 19.4 Å². The third-order valence-corrected chi connectivity index (χ3v) is 1.48. The average Bonchev–Trinajstić information content (AvgIpc) is 2.07. The molecule has 0 aliphatic carbocycles. The van der Waals surface area contributed by atoms with E-state index in [2.05, 4.69) is 4.99 Å². The van der Waals surface area contributed by atoms with Gasteiger partial charge in [-0.1, -0.05) is 13.8 Å². The van der Waals surface area contributed by atoms with Crippen molar-refractivity contribution in [1.29, 1.82) is 0 Å². The van der Waals surface area contributed by atoms with E-state index in [0.717, 1.165) is 0 Å². The molecule has 11 heavy (non-hydrogen) atoms. The molecule has 0 saturated heterocycles. The average molecular weight is 156 g/mol. The van der Waals surface area contributed by atoms with Gasteiger partial charge in [-0.3, -0.25) is 0 Å². The first-order valence-electron chi connectivity index (χ1n) is 3.75. The van der Waals surface area contributed by atoms with Crippen molar-refractivity contribution < 1.29 is 9.84 Å². The fraction of sp³-hybridized carbons (Fsp3) is 0.875. The van der Waals surface area contributed by atoms with E-state index in [0.29, 0.717) is 12.5 Å². The summed E-state index contributed by atoms with van der Waals surface area (Å²) in [5.74, 6) is 0.336. The highest BCUT2D eigenvalue weighted by atomic mass is 16.5. The molecule has 3 nitrogen and oxygen atoms in total. The van der Waals surface area contributed by atoms with Gasteiger partial charge in [0.05, 0.1) is 5.54 Å². The number of ether oxygens (including phenoxy) is 1. The summed E-state index contributed by atoms with van der Waals surface area (Å²) in [6.45, 7) is 7.55. The first kappa shape index (κ1) is 8.53. The molecule has 0 fully saturated rings. The van der Waals surface area contributed by atoms with Crippen LogP contribution in [0.15, 0.2) is 4.99 Å². The zero-order valence-corrected chi connectivity index (χ0v) is 7.47. The van der Waals surface area contributed by atoms with Crippen molar-refractivity contribution in [3.8, 4) is 0 Å². The van der Waals surface area contributed by atoms with Gasteiger partial charge in [-0.15, -0.1) is 0 Å². The van der Waals surface area contributed by atoms with Gasteiger partial charge in [0.1, 0.15) is 6.61 Å². The lowest BCUT2D eigenvalue weighted by Crippen LogP contribution is -2.45. The number of rotatable bonds is 1. The number of hydrogen-bond acceptors (Lipinski definition) is 3. The summed E-state index contributed by atoms with van der Waals surface area (Å²) in [7, 11) is 0. The van der Waals surface area contributed by atoms with Gasteiger partial charge in [-0.2, -0.15) is 0 Å². The predicted octanol–water partition coefficient (Wildman–Crippen LogP) is 0.333. The lowest BCUT2D eigenvalue weighted by Gasteiger charge is -2.29. The third kappa shape index (κ3) is 1.93. The maximum Gasteiger partial charge on any atom is 0.172 e. The Morgan fingerprint density at radius 2 is 2.09 bits per heavy atom. The van der Waals surface area contributed by atoms with E-state index in [9.17, 15) is 5.11 Å². The van der Waals surface area contributed by atoms with Crippen LogP contribution in [0.5, 0.6) is 0 Å². The monoisotopic (exact) mass is 156 g/mol. The van der Waals surface area contributed by atoms with Crippen LogP contribution in [0, 0.1) is 0 Å². The standard InChI is InChI=1S/C8H14NO2/c1-7(2)5-11-6(9-7)8(3,4)10/h5H2,1-4H3/q-1. The molecule has 1 aliphatic rings. The van der Waals surface area contributed by atoms with Gasteiger partial charge >= 0.3 is 0 Å². The van der Waals surface area contributed by atoms with E-state index in [1.165, 1.54) is 0 Å². The third-order valence-electron chi connectivity index (χ3n) is 1.48. The van der Waals surface area contributed by atoms with Crippen LogP contribution in [0.3, 0.4) is 0 Å². The van der Waals surface area contributed by atoms with Gasteiger partial charge in [0, 0.05) is 0 Å². The number of hydrogen-bond donors (Lipinski definition) is 0. The highest BCUT2D eigenvalue weighted by Crippen LogP contribution is 2.20. The molecule has 1 rings (SSSR count). The Morgan fingerprint density at radius 1 is 1.55 bits per heavy atom. The van der Waals surface area contributed by atoms with Crippen LogP contribution in [0.4, 0.5) is 0 Å². The fourth-order valence-electron chi connectivity index (χ4n) is 0.893. The molecule has 0 bridgehead atoms. The second kappa shape index (κ2) is 2.21. The smallest absolute Gasteiger partial charge is 0.172 e. The lowest BCUT2D eigenvalue weighted by molar-refractivity contribution is -0.440. The molecule has 1 aliphatic heterocycles. The molecular formula is C8H14NO2-. The normalized spacial score (nSPS) is 22.8. The molecule has 1 heterocycles. The highest BCUT2D eigenvalue weighted by molar-refractivity contribution is 5.85. The SMILES string of the molecule is CC1(C)COC(C(C)(C)[O-])=N1. The Balaban J connectivity index is 2.79. The minimum Gasteiger partial charge on any atom is -0.843 e. The molecule has 0 atom stereocenters. The van der Waals surface area contributed by atoms with Crippen LogP contribution >= 0.6 is 0 Å². The van der Waals surface area contributed by atoms with Crippen LogP contribution in [-0.4, -0.2) is 23.6 Å². The van der Waals surface area contributed by atoms with Gasteiger partial charge in [0.15, 0.2) is 5.90 Å². The fourth-order valence-corrected chi connectivity index (χ4v) is 0.893. The Labute approximate surface area is 67.1 Å². The van der Waals surface area contributed by atoms with E-state index in [4.69, 9.17) is 4.74 Å². The molecule has 0 unspecified atom stereocenters.